The summed E-state index contributed by atoms with van der Waals surface area (Å²) in [6.07, 6.45) is 5.57. The fourth-order valence-corrected chi connectivity index (χ4v) is 4.61. The first-order valence-corrected chi connectivity index (χ1v) is 9.48. The lowest BCUT2D eigenvalue weighted by Crippen LogP contribution is -2.16. The Morgan fingerprint density at radius 1 is 1.43 bits per heavy atom. The van der Waals surface area contributed by atoms with Crippen molar-refractivity contribution in [3.8, 4) is 0 Å². The van der Waals surface area contributed by atoms with Gasteiger partial charge in [-0.25, -0.2) is 9.97 Å². The average Bonchev–Trinajstić information content (AvgIpc) is 2.90. The smallest absolute Gasteiger partial charge is 0.194 e. The third-order valence-corrected chi connectivity index (χ3v) is 5.98. The van der Waals surface area contributed by atoms with Crippen molar-refractivity contribution >= 4 is 39.6 Å². The maximum Gasteiger partial charge on any atom is 0.194 e. The van der Waals surface area contributed by atoms with Crippen molar-refractivity contribution in [2.24, 2.45) is 0 Å². The standard InChI is InChI=1S/C13H15N5S3/c1-2-10-15-13(21-17-10)20-11-9(7-14-8-3-4-8)18-5-6-19-12(18)16-11/h5-6,8,14H,2-4,7H2,1H3. The van der Waals surface area contributed by atoms with Gasteiger partial charge in [0.25, 0.3) is 0 Å². The Kier molecular flexibility index (Phi) is 3.70. The molecule has 0 amide bonds. The van der Waals surface area contributed by atoms with E-state index >= 15 is 0 Å². The molecule has 21 heavy (non-hydrogen) atoms. The van der Waals surface area contributed by atoms with Gasteiger partial charge >= 0.3 is 0 Å². The molecule has 0 aromatic carbocycles. The summed E-state index contributed by atoms with van der Waals surface area (Å²) < 4.78 is 7.51. The maximum absolute atomic E-state index is 4.74. The molecule has 3 aromatic heterocycles. The highest BCUT2D eigenvalue weighted by Gasteiger charge is 2.23. The monoisotopic (exact) mass is 337 g/mol. The van der Waals surface area contributed by atoms with E-state index in [-0.39, 0.29) is 0 Å². The third-order valence-electron chi connectivity index (χ3n) is 3.41. The van der Waals surface area contributed by atoms with E-state index in [0.29, 0.717) is 6.04 Å². The molecule has 5 nitrogen and oxygen atoms in total. The van der Waals surface area contributed by atoms with Crippen LogP contribution < -0.4 is 5.32 Å². The average molecular weight is 337 g/mol. The summed E-state index contributed by atoms with van der Waals surface area (Å²) in [7, 11) is 0. The number of thiazole rings is 1. The van der Waals surface area contributed by atoms with Gasteiger partial charge < -0.3 is 5.32 Å². The van der Waals surface area contributed by atoms with Gasteiger partial charge in [0.1, 0.15) is 10.9 Å². The summed E-state index contributed by atoms with van der Waals surface area (Å²) in [4.78, 5) is 10.3. The summed E-state index contributed by atoms with van der Waals surface area (Å²) in [6, 6.07) is 0.695. The van der Waals surface area contributed by atoms with Crippen LogP contribution >= 0.6 is 34.6 Å². The van der Waals surface area contributed by atoms with Gasteiger partial charge in [-0.3, -0.25) is 4.40 Å². The molecule has 0 saturated heterocycles. The van der Waals surface area contributed by atoms with Crippen molar-refractivity contribution in [1.82, 2.24) is 24.1 Å². The highest BCUT2D eigenvalue weighted by atomic mass is 32.2. The van der Waals surface area contributed by atoms with E-state index in [1.807, 2.05) is 0 Å². The molecule has 4 rings (SSSR count). The van der Waals surface area contributed by atoms with Crippen LogP contribution in [0.15, 0.2) is 20.9 Å². The Morgan fingerprint density at radius 2 is 2.33 bits per heavy atom. The van der Waals surface area contributed by atoms with E-state index in [4.69, 9.17) is 4.98 Å². The number of fused-ring (bicyclic) bond motifs is 1. The Balaban J connectivity index is 1.62. The van der Waals surface area contributed by atoms with Crippen LogP contribution in [0, 0.1) is 0 Å². The number of nitrogens with zero attached hydrogens (tertiary/aromatic N) is 4. The lowest BCUT2D eigenvalue weighted by Gasteiger charge is -2.03. The Morgan fingerprint density at radius 3 is 3.10 bits per heavy atom. The van der Waals surface area contributed by atoms with Crippen molar-refractivity contribution in [1.29, 1.82) is 0 Å². The summed E-state index contributed by atoms with van der Waals surface area (Å²) in [5.41, 5.74) is 1.23. The molecule has 1 aliphatic carbocycles. The first-order valence-electron chi connectivity index (χ1n) is 7.01. The van der Waals surface area contributed by atoms with Gasteiger partial charge in [-0.1, -0.05) is 6.92 Å². The molecule has 1 saturated carbocycles. The van der Waals surface area contributed by atoms with Crippen LogP contribution in [0.1, 0.15) is 31.3 Å². The Labute approximate surface area is 135 Å². The molecule has 3 aromatic rings. The molecule has 110 valence electrons. The quantitative estimate of drug-likeness (QED) is 0.748. The molecule has 0 unspecified atom stereocenters. The summed E-state index contributed by atoms with van der Waals surface area (Å²) in [5.74, 6) is 0.918. The largest absolute Gasteiger partial charge is 0.308 e. The Hall–Kier alpha value is -0.960. The van der Waals surface area contributed by atoms with E-state index < -0.39 is 0 Å². The molecule has 0 aliphatic heterocycles. The van der Waals surface area contributed by atoms with Crippen LogP contribution in [0.4, 0.5) is 0 Å². The minimum atomic E-state index is 0.695. The summed E-state index contributed by atoms with van der Waals surface area (Å²) in [5, 5.41) is 6.71. The van der Waals surface area contributed by atoms with Crippen molar-refractivity contribution in [3.63, 3.8) is 0 Å². The lowest BCUT2D eigenvalue weighted by atomic mass is 10.4. The number of hydrogen-bond acceptors (Lipinski definition) is 7. The zero-order chi connectivity index (χ0) is 14.2. The summed E-state index contributed by atoms with van der Waals surface area (Å²) >= 11 is 4.77. The minimum Gasteiger partial charge on any atom is -0.308 e. The van der Waals surface area contributed by atoms with Crippen LogP contribution in [0.3, 0.4) is 0 Å². The molecular weight excluding hydrogens is 322 g/mol. The predicted molar refractivity (Wildman–Crippen MR) is 86.3 cm³/mol. The number of hydrogen-bond donors (Lipinski definition) is 1. The third kappa shape index (κ3) is 2.85. The number of nitrogens with one attached hydrogen (secondary N) is 1. The first-order chi connectivity index (χ1) is 10.3. The summed E-state index contributed by atoms with van der Waals surface area (Å²) in [6.45, 7) is 2.94. The topological polar surface area (TPSA) is 55.1 Å². The molecule has 0 atom stereocenters. The van der Waals surface area contributed by atoms with Gasteiger partial charge in [-0.05, 0) is 36.1 Å². The Bertz CT molecular complexity index is 755. The van der Waals surface area contributed by atoms with Crippen LogP contribution in [-0.4, -0.2) is 24.8 Å². The van der Waals surface area contributed by atoms with Crippen molar-refractivity contribution in [2.45, 2.75) is 48.1 Å². The fraction of sp³-hybridized carbons (Fsp3) is 0.462. The van der Waals surface area contributed by atoms with E-state index in [1.165, 1.54) is 30.1 Å². The molecule has 3 heterocycles. The number of aromatic nitrogens is 4. The van der Waals surface area contributed by atoms with E-state index in [0.717, 1.165) is 33.1 Å². The molecule has 0 radical (unpaired) electrons. The second-order valence-corrected chi connectivity index (χ2v) is 7.87. The highest BCUT2D eigenvalue weighted by Crippen LogP contribution is 2.33. The molecule has 1 N–H and O–H groups in total. The van der Waals surface area contributed by atoms with Crippen LogP contribution in [0.25, 0.3) is 4.96 Å². The van der Waals surface area contributed by atoms with Crippen molar-refractivity contribution in [2.75, 3.05) is 0 Å². The zero-order valence-electron chi connectivity index (χ0n) is 11.6. The lowest BCUT2D eigenvalue weighted by molar-refractivity contribution is 0.661. The highest BCUT2D eigenvalue weighted by molar-refractivity contribution is 8.00. The van der Waals surface area contributed by atoms with Crippen molar-refractivity contribution < 1.29 is 0 Å². The normalized spacial score (nSPS) is 15.1. The van der Waals surface area contributed by atoms with Crippen LogP contribution in [-0.2, 0) is 13.0 Å². The van der Waals surface area contributed by atoms with Gasteiger partial charge in [0, 0.05) is 30.6 Å². The maximum atomic E-state index is 4.74. The fourth-order valence-electron chi connectivity index (χ4n) is 2.09. The minimum absolute atomic E-state index is 0.695. The van der Waals surface area contributed by atoms with Crippen LogP contribution in [0.5, 0.6) is 0 Å². The molecule has 0 bridgehead atoms. The predicted octanol–water partition coefficient (Wildman–Crippen LogP) is 3.21. The van der Waals surface area contributed by atoms with E-state index in [2.05, 4.69) is 37.6 Å². The van der Waals surface area contributed by atoms with Gasteiger partial charge in [0.15, 0.2) is 9.30 Å². The van der Waals surface area contributed by atoms with Crippen LogP contribution in [0.2, 0.25) is 0 Å². The molecule has 0 spiro atoms. The van der Waals surface area contributed by atoms with Gasteiger partial charge in [-0.15, -0.1) is 11.3 Å². The number of aryl methyl sites for hydroxylation is 1. The van der Waals surface area contributed by atoms with E-state index in [9.17, 15) is 0 Å². The molecule has 1 fully saturated rings. The zero-order valence-corrected chi connectivity index (χ0v) is 14.0. The van der Waals surface area contributed by atoms with Gasteiger partial charge in [-0.2, -0.15) is 4.37 Å². The molecule has 1 aliphatic rings. The molecular formula is C13H15N5S3. The van der Waals surface area contributed by atoms with Gasteiger partial charge in [0.05, 0.1) is 5.69 Å². The molecule has 8 heteroatoms. The van der Waals surface area contributed by atoms with Crippen molar-refractivity contribution in [3.05, 3.63) is 23.1 Å². The number of imidazole rings is 1. The SMILES string of the molecule is CCc1nsc(Sc2nc3sccn3c2CNC2CC2)n1. The van der Waals surface area contributed by atoms with Gasteiger partial charge in [0.2, 0.25) is 0 Å². The number of rotatable bonds is 6. The second kappa shape index (κ2) is 5.68. The first kappa shape index (κ1) is 13.7. The van der Waals surface area contributed by atoms with E-state index in [1.54, 1.807) is 23.1 Å². The second-order valence-electron chi connectivity index (χ2n) is 5.01.